The van der Waals surface area contributed by atoms with Crippen LogP contribution in [0.3, 0.4) is 0 Å². The largest absolute Gasteiger partial charge is 0.396 e. The van der Waals surface area contributed by atoms with Crippen molar-refractivity contribution < 1.29 is 9.90 Å². The van der Waals surface area contributed by atoms with Crippen molar-refractivity contribution in [2.45, 2.75) is 32.1 Å². The summed E-state index contributed by atoms with van der Waals surface area (Å²) in [6.07, 6.45) is 5.62. The summed E-state index contributed by atoms with van der Waals surface area (Å²) in [5.41, 5.74) is 1.60. The Labute approximate surface area is 132 Å². The van der Waals surface area contributed by atoms with Gasteiger partial charge in [-0.15, -0.1) is 0 Å². The minimum Gasteiger partial charge on any atom is -0.396 e. The summed E-state index contributed by atoms with van der Waals surface area (Å²) in [5, 5.41) is 12.3. The third-order valence-corrected chi connectivity index (χ3v) is 5.28. The van der Waals surface area contributed by atoms with Crippen molar-refractivity contribution in [3.8, 4) is 0 Å². The van der Waals surface area contributed by atoms with Crippen molar-refractivity contribution in [1.82, 2.24) is 10.2 Å². The fourth-order valence-corrected chi connectivity index (χ4v) is 3.66. The van der Waals surface area contributed by atoms with Crippen LogP contribution in [0.1, 0.15) is 31.2 Å². The van der Waals surface area contributed by atoms with Crippen LogP contribution in [-0.4, -0.2) is 42.3 Å². The van der Waals surface area contributed by atoms with Crippen LogP contribution in [0, 0.1) is 11.3 Å². The van der Waals surface area contributed by atoms with Crippen molar-refractivity contribution in [1.29, 1.82) is 0 Å². The van der Waals surface area contributed by atoms with Crippen molar-refractivity contribution in [3.05, 3.63) is 35.9 Å². The zero-order chi connectivity index (χ0) is 15.4. The van der Waals surface area contributed by atoms with Crippen LogP contribution in [0.15, 0.2) is 30.3 Å². The maximum Gasteiger partial charge on any atom is 0.317 e. The number of urea groups is 1. The van der Waals surface area contributed by atoms with Gasteiger partial charge in [0.2, 0.25) is 0 Å². The lowest BCUT2D eigenvalue weighted by atomic mass is 9.65. The number of hydrogen-bond acceptors (Lipinski definition) is 2. The van der Waals surface area contributed by atoms with E-state index >= 15 is 0 Å². The summed E-state index contributed by atoms with van der Waals surface area (Å²) >= 11 is 0. The smallest absolute Gasteiger partial charge is 0.317 e. The van der Waals surface area contributed by atoms with E-state index in [4.69, 9.17) is 0 Å². The number of aliphatic hydroxyl groups excluding tert-OH is 1. The van der Waals surface area contributed by atoms with Gasteiger partial charge in [0.05, 0.1) is 0 Å². The van der Waals surface area contributed by atoms with Gasteiger partial charge in [0, 0.05) is 32.2 Å². The molecule has 1 heterocycles. The molecule has 0 aromatic heterocycles. The van der Waals surface area contributed by atoms with E-state index in [-0.39, 0.29) is 24.0 Å². The van der Waals surface area contributed by atoms with Crippen molar-refractivity contribution in [2.24, 2.45) is 11.3 Å². The predicted molar refractivity (Wildman–Crippen MR) is 86.6 cm³/mol. The normalized spacial score (nSPS) is 23.1. The molecule has 2 aliphatic rings. The molecular formula is C18H26N2O2. The molecule has 2 N–H and O–H groups in total. The number of hydrogen-bond donors (Lipinski definition) is 2. The lowest BCUT2D eigenvalue weighted by Gasteiger charge is -2.42. The predicted octanol–water partition coefficient (Wildman–Crippen LogP) is 2.42. The quantitative estimate of drug-likeness (QED) is 0.877. The van der Waals surface area contributed by atoms with Gasteiger partial charge in [0.25, 0.3) is 0 Å². The first-order valence-electron chi connectivity index (χ1n) is 8.38. The summed E-state index contributed by atoms with van der Waals surface area (Å²) in [5.74, 6) is 0.257. The Kier molecular flexibility index (Phi) is 4.67. The molecule has 1 unspecified atom stereocenters. The standard InChI is InChI=1S/C18H26N2O2/c21-13-16-7-10-20(12-16)17(22)19-14-18(8-4-9-18)11-15-5-2-1-3-6-15/h1-3,5-6,16,21H,4,7-14H2,(H,19,22). The molecule has 1 saturated carbocycles. The first kappa shape index (κ1) is 15.3. The number of carbonyl (C=O) groups is 1. The molecule has 0 bridgehead atoms. The second kappa shape index (κ2) is 6.69. The van der Waals surface area contributed by atoms with Crippen LogP contribution < -0.4 is 5.32 Å². The zero-order valence-electron chi connectivity index (χ0n) is 13.1. The van der Waals surface area contributed by atoms with Crippen LogP contribution in [0.5, 0.6) is 0 Å². The van der Waals surface area contributed by atoms with E-state index < -0.39 is 0 Å². The molecule has 1 aromatic carbocycles. The molecule has 2 amide bonds. The average Bonchev–Trinajstić information content (AvgIpc) is 2.99. The lowest BCUT2D eigenvalue weighted by Crippen LogP contribution is -2.47. The molecule has 3 rings (SSSR count). The van der Waals surface area contributed by atoms with Crippen LogP contribution >= 0.6 is 0 Å². The van der Waals surface area contributed by atoms with E-state index in [1.807, 2.05) is 11.0 Å². The molecule has 2 fully saturated rings. The SMILES string of the molecule is O=C(NCC1(Cc2ccccc2)CCC1)N1CCC(CO)C1. The van der Waals surface area contributed by atoms with E-state index in [0.29, 0.717) is 6.54 Å². The van der Waals surface area contributed by atoms with Gasteiger partial charge in [-0.25, -0.2) is 4.79 Å². The maximum atomic E-state index is 12.3. The Morgan fingerprint density at radius 2 is 2.09 bits per heavy atom. The van der Waals surface area contributed by atoms with E-state index in [2.05, 4.69) is 29.6 Å². The number of likely N-dealkylation sites (tertiary alicyclic amines) is 1. The lowest BCUT2D eigenvalue weighted by molar-refractivity contribution is 0.126. The van der Waals surface area contributed by atoms with Crippen molar-refractivity contribution in [3.63, 3.8) is 0 Å². The van der Waals surface area contributed by atoms with Gasteiger partial charge in [-0.2, -0.15) is 0 Å². The topological polar surface area (TPSA) is 52.6 Å². The Morgan fingerprint density at radius 1 is 1.32 bits per heavy atom. The molecule has 4 heteroatoms. The van der Waals surface area contributed by atoms with Gasteiger partial charge in [-0.3, -0.25) is 0 Å². The molecule has 1 aliphatic carbocycles. The molecule has 120 valence electrons. The number of nitrogens with one attached hydrogen (secondary N) is 1. The minimum absolute atomic E-state index is 0.0373. The van der Waals surface area contributed by atoms with Gasteiger partial charge in [-0.1, -0.05) is 36.8 Å². The van der Waals surface area contributed by atoms with Gasteiger partial charge >= 0.3 is 6.03 Å². The first-order chi connectivity index (χ1) is 10.7. The fraction of sp³-hybridized carbons (Fsp3) is 0.611. The highest BCUT2D eigenvalue weighted by molar-refractivity contribution is 5.74. The number of benzene rings is 1. The van der Waals surface area contributed by atoms with E-state index in [9.17, 15) is 9.90 Å². The molecule has 22 heavy (non-hydrogen) atoms. The third-order valence-electron chi connectivity index (χ3n) is 5.28. The van der Waals surface area contributed by atoms with Crippen molar-refractivity contribution in [2.75, 3.05) is 26.2 Å². The van der Waals surface area contributed by atoms with Gasteiger partial charge < -0.3 is 15.3 Å². The molecule has 1 atom stereocenters. The van der Waals surface area contributed by atoms with E-state index in [1.54, 1.807) is 0 Å². The zero-order valence-corrected chi connectivity index (χ0v) is 13.1. The maximum absolute atomic E-state index is 12.3. The van der Waals surface area contributed by atoms with Crippen molar-refractivity contribution >= 4 is 6.03 Å². The Balaban J connectivity index is 1.52. The first-order valence-corrected chi connectivity index (χ1v) is 8.38. The third kappa shape index (κ3) is 3.43. The number of rotatable bonds is 5. The highest BCUT2D eigenvalue weighted by Gasteiger charge is 2.37. The van der Waals surface area contributed by atoms with Crippen LogP contribution in [-0.2, 0) is 6.42 Å². The summed E-state index contributed by atoms with van der Waals surface area (Å²) in [4.78, 5) is 14.1. The molecule has 1 aromatic rings. The summed E-state index contributed by atoms with van der Waals surface area (Å²) in [6, 6.07) is 10.6. The van der Waals surface area contributed by atoms with Gasteiger partial charge in [-0.05, 0) is 36.7 Å². The highest BCUT2D eigenvalue weighted by atomic mass is 16.3. The Morgan fingerprint density at radius 3 is 2.68 bits per heavy atom. The molecule has 4 nitrogen and oxygen atoms in total. The second-order valence-corrected chi connectivity index (χ2v) is 6.96. The summed E-state index contributed by atoms with van der Waals surface area (Å²) < 4.78 is 0. The fourth-order valence-electron chi connectivity index (χ4n) is 3.66. The molecular weight excluding hydrogens is 276 g/mol. The number of nitrogens with zero attached hydrogens (tertiary/aromatic N) is 1. The van der Waals surface area contributed by atoms with E-state index in [1.165, 1.54) is 24.8 Å². The summed E-state index contributed by atoms with van der Waals surface area (Å²) in [7, 11) is 0. The molecule has 0 spiro atoms. The highest BCUT2D eigenvalue weighted by Crippen LogP contribution is 2.43. The van der Waals surface area contributed by atoms with Crippen LogP contribution in [0.2, 0.25) is 0 Å². The number of aliphatic hydroxyl groups is 1. The number of amides is 2. The second-order valence-electron chi connectivity index (χ2n) is 6.96. The van der Waals surface area contributed by atoms with E-state index in [0.717, 1.165) is 25.9 Å². The van der Waals surface area contributed by atoms with Crippen LogP contribution in [0.25, 0.3) is 0 Å². The summed E-state index contributed by atoms with van der Waals surface area (Å²) in [6.45, 7) is 2.40. The molecule has 1 aliphatic heterocycles. The monoisotopic (exact) mass is 302 g/mol. The molecule has 0 radical (unpaired) electrons. The van der Waals surface area contributed by atoms with Gasteiger partial charge in [0.1, 0.15) is 0 Å². The minimum atomic E-state index is 0.0373. The van der Waals surface area contributed by atoms with Crippen LogP contribution in [0.4, 0.5) is 4.79 Å². The molecule has 1 saturated heterocycles. The Bertz CT molecular complexity index is 499. The number of carbonyl (C=O) groups excluding carboxylic acids is 1. The Hall–Kier alpha value is -1.55. The van der Waals surface area contributed by atoms with Gasteiger partial charge in [0.15, 0.2) is 0 Å². The average molecular weight is 302 g/mol.